The molecule has 0 spiro atoms. The van der Waals surface area contributed by atoms with E-state index < -0.39 is 0 Å². The molecule has 1 aromatic carbocycles. The Balaban J connectivity index is 1.77. The summed E-state index contributed by atoms with van der Waals surface area (Å²) >= 11 is 0. The lowest BCUT2D eigenvalue weighted by Gasteiger charge is -2.26. The fraction of sp³-hybridized carbons (Fsp3) is 0.571. The summed E-state index contributed by atoms with van der Waals surface area (Å²) in [6.07, 6.45) is 4.65. The van der Waals surface area contributed by atoms with Crippen LogP contribution in [0.25, 0.3) is 0 Å². The molecule has 0 bridgehead atoms. The van der Waals surface area contributed by atoms with E-state index in [2.05, 4.69) is 31.2 Å². The van der Waals surface area contributed by atoms with Gasteiger partial charge in [-0.1, -0.05) is 30.3 Å². The molecule has 0 saturated carbocycles. The summed E-state index contributed by atoms with van der Waals surface area (Å²) in [6.45, 7) is 2.97. The van der Waals surface area contributed by atoms with Gasteiger partial charge in [-0.25, -0.2) is 0 Å². The van der Waals surface area contributed by atoms with Gasteiger partial charge in [0.1, 0.15) is 0 Å². The van der Waals surface area contributed by atoms with Crippen LogP contribution in [0.1, 0.15) is 31.7 Å². The minimum absolute atomic E-state index is 0.0208. The molecule has 2 heteroatoms. The van der Waals surface area contributed by atoms with Gasteiger partial charge in [0.05, 0.1) is 6.10 Å². The molecule has 1 fully saturated rings. The van der Waals surface area contributed by atoms with Crippen LogP contribution in [0.3, 0.4) is 0 Å². The summed E-state index contributed by atoms with van der Waals surface area (Å²) in [4.78, 5) is 0. The Kier molecular flexibility index (Phi) is 4.37. The van der Waals surface area contributed by atoms with Crippen molar-refractivity contribution in [3.63, 3.8) is 0 Å². The van der Waals surface area contributed by atoms with Crippen LogP contribution in [-0.4, -0.2) is 19.0 Å². The Morgan fingerprint density at radius 3 is 2.81 bits per heavy atom. The first-order valence-corrected chi connectivity index (χ1v) is 6.15. The first-order chi connectivity index (χ1) is 7.84. The van der Waals surface area contributed by atoms with E-state index in [1.54, 1.807) is 0 Å². The number of hydrogen-bond acceptors (Lipinski definition) is 2. The quantitative estimate of drug-likeness (QED) is 0.776. The van der Waals surface area contributed by atoms with Crippen molar-refractivity contribution in [2.75, 3.05) is 6.61 Å². The van der Waals surface area contributed by atoms with Crippen LogP contribution in [0.15, 0.2) is 30.3 Å². The van der Waals surface area contributed by atoms with E-state index in [0.29, 0.717) is 0 Å². The Bertz CT molecular complexity index is 291. The average Bonchev–Trinajstić information content (AvgIpc) is 2.31. The fourth-order valence-electron chi connectivity index (χ4n) is 2.07. The molecule has 0 radical (unpaired) electrons. The molecule has 1 aliphatic heterocycles. The summed E-state index contributed by atoms with van der Waals surface area (Å²) < 4.78 is 11.4. The molecular weight excluding hydrogens is 200 g/mol. The van der Waals surface area contributed by atoms with Crippen LogP contribution in [0, 0.1) is 0 Å². The number of benzene rings is 1. The average molecular weight is 220 g/mol. The van der Waals surface area contributed by atoms with Crippen molar-refractivity contribution >= 4 is 0 Å². The monoisotopic (exact) mass is 220 g/mol. The van der Waals surface area contributed by atoms with E-state index in [9.17, 15) is 0 Å². The van der Waals surface area contributed by atoms with E-state index in [1.807, 2.05) is 6.07 Å². The Hall–Kier alpha value is -0.860. The Morgan fingerprint density at radius 1 is 1.31 bits per heavy atom. The van der Waals surface area contributed by atoms with Crippen LogP contribution < -0.4 is 0 Å². The van der Waals surface area contributed by atoms with Gasteiger partial charge in [-0.05, 0) is 38.2 Å². The molecule has 2 atom stereocenters. The molecule has 0 aromatic heterocycles. The van der Waals surface area contributed by atoms with Crippen LogP contribution in [0.4, 0.5) is 0 Å². The van der Waals surface area contributed by atoms with Crippen molar-refractivity contribution in [2.24, 2.45) is 0 Å². The maximum atomic E-state index is 5.87. The standard InChI is InChI=1S/C14H20O2/c1-12(11-13-7-3-2-4-8-13)16-14-9-5-6-10-15-14/h2-4,7-8,12,14H,5-6,9-11H2,1H3. The van der Waals surface area contributed by atoms with Crippen LogP contribution in [-0.2, 0) is 15.9 Å². The summed E-state index contributed by atoms with van der Waals surface area (Å²) in [5, 5.41) is 0. The SMILES string of the molecule is CC(Cc1ccccc1)OC1CCCCO1. The molecule has 2 unspecified atom stereocenters. The molecular formula is C14H20O2. The highest BCUT2D eigenvalue weighted by Crippen LogP contribution is 2.16. The van der Waals surface area contributed by atoms with Gasteiger partial charge >= 0.3 is 0 Å². The third-order valence-electron chi connectivity index (χ3n) is 2.89. The lowest BCUT2D eigenvalue weighted by molar-refractivity contribution is -0.183. The maximum absolute atomic E-state index is 5.87. The van der Waals surface area contributed by atoms with Gasteiger partial charge in [0, 0.05) is 6.61 Å². The Labute approximate surface area is 97.6 Å². The summed E-state index contributed by atoms with van der Waals surface area (Å²) in [5.41, 5.74) is 1.32. The predicted octanol–water partition coefficient (Wildman–Crippen LogP) is 3.16. The molecule has 1 heterocycles. The van der Waals surface area contributed by atoms with E-state index in [-0.39, 0.29) is 12.4 Å². The summed E-state index contributed by atoms with van der Waals surface area (Å²) in [7, 11) is 0. The zero-order valence-corrected chi connectivity index (χ0v) is 9.89. The number of ether oxygens (including phenoxy) is 2. The van der Waals surface area contributed by atoms with E-state index in [1.165, 1.54) is 18.4 Å². The van der Waals surface area contributed by atoms with Crippen LogP contribution >= 0.6 is 0 Å². The van der Waals surface area contributed by atoms with Crippen molar-refractivity contribution in [2.45, 2.75) is 45.0 Å². The predicted molar refractivity (Wildman–Crippen MR) is 64.3 cm³/mol. The minimum Gasteiger partial charge on any atom is -0.353 e. The lowest BCUT2D eigenvalue weighted by Crippen LogP contribution is -2.27. The normalized spacial score (nSPS) is 22.9. The van der Waals surface area contributed by atoms with Gasteiger partial charge in [-0.15, -0.1) is 0 Å². The second-order valence-electron chi connectivity index (χ2n) is 4.43. The van der Waals surface area contributed by atoms with Gasteiger partial charge in [-0.3, -0.25) is 0 Å². The van der Waals surface area contributed by atoms with Gasteiger partial charge in [-0.2, -0.15) is 0 Å². The molecule has 16 heavy (non-hydrogen) atoms. The first-order valence-electron chi connectivity index (χ1n) is 6.15. The smallest absolute Gasteiger partial charge is 0.157 e. The molecule has 1 aliphatic rings. The second-order valence-corrected chi connectivity index (χ2v) is 4.43. The van der Waals surface area contributed by atoms with Gasteiger partial charge in [0.15, 0.2) is 6.29 Å². The van der Waals surface area contributed by atoms with Gasteiger partial charge in [0.2, 0.25) is 0 Å². The molecule has 0 aliphatic carbocycles. The van der Waals surface area contributed by atoms with Crippen molar-refractivity contribution in [3.05, 3.63) is 35.9 Å². The Morgan fingerprint density at radius 2 is 2.12 bits per heavy atom. The molecule has 88 valence electrons. The molecule has 0 N–H and O–H groups in total. The zero-order chi connectivity index (χ0) is 11.2. The van der Waals surface area contributed by atoms with Crippen molar-refractivity contribution in [1.29, 1.82) is 0 Å². The van der Waals surface area contributed by atoms with Crippen LogP contribution in [0.2, 0.25) is 0 Å². The summed E-state index contributed by atoms with van der Waals surface area (Å²) in [6, 6.07) is 10.5. The molecule has 1 saturated heterocycles. The highest BCUT2D eigenvalue weighted by atomic mass is 16.7. The third kappa shape index (κ3) is 3.62. The van der Waals surface area contributed by atoms with E-state index >= 15 is 0 Å². The maximum Gasteiger partial charge on any atom is 0.157 e. The minimum atomic E-state index is 0.0208. The second kappa shape index (κ2) is 6.02. The number of rotatable bonds is 4. The number of hydrogen-bond donors (Lipinski definition) is 0. The zero-order valence-electron chi connectivity index (χ0n) is 9.89. The molecule has 1 aromatic rings. The lowest BCUT2D eigenvalue weighted by atomic mass is 10.1. The van der Waals surface area contributed by atoms with Crippen LogP contribution in [0.5, 0.6) is 0 Å². The van der Waals surface area contributed by atoms with Gasteiger partial charge in [0.25, 0.3) is 0 Å². The van der Waals surface area contributed by atoms with E-state index in [4.69, 9.17) is 9.47 Å². The van der Waals surface area contributed by atoms with Crippen molar-refractivity contribution < 1.29 is 9.47 Å². The fourth-order valence-corrected chi connectivity index (χ4v) is 2.07. The molecule has 2 nitrogen and oxygen atoms in total. The molecule has 0 amide bonds. The third-order valence-corrected chi connectivity index (χ3v) is 2.89. The topological polar surface area (TPSA) is 18.5 Å². The largest absolute Gasteiger partial charge is 0.353 e. The summed E-state index contributed by atoms with van der Waals surface area (Å²) in [5.74, 6) is 0. The van der Waals surface area contributed by atoms with Crippen molar-refractivity contribution in [3.8, 4) is 0 Å². The van der Waals surface area contributed by atoms with E-state index in [0.717, 1.165) is 19.4 Å². The highest BCUT2D eigenvalue weighted by molar-refractivity contribution is 5.15. The van der Waals surface area contributed by atoms with Gasteiger partial charge < -0.3 is 9.47 Å². The highest BCUT2D eigenvalue weighted by Gasteiger charge is 2.17. The molecule has 2 rings (SSSR count). The van der Waals surface area contributed by atoms with Crippen molar-refractivity contribution in [1.82, 2.24) is 0 Å². The first kappa shape index (κ1) is 11.6.